The van der Waals surface area contributed by atoms with E-state index in [4.69, 9.17) is 0 Å². The number of nitrogens with one attached hydrogen (secondary N) is 2. The van der Waals surface area contributed by atoms with Crippen molar-refractivity contribution in [3.8, 4) is 0 Å². The normalized spacial score (nSPS) is 31.5. The number of rotatable bonds is 1. The molecule has 0 aromatic rings. The van der Waals surface area contributed by atoms with Crippen LogP contribution in [0.4, 0.5) is 0 Å². The molecule has 0 aliphatic carbocycles. The molecule has 2 fully saturated rings. The van der Waals surface area contributed by atoms with Gasteiger partial charge >= 0.3 is 0 Å². The van der Waals surface area contributed by atoms with Crippen molar-refractivity contribution in [3.63, 3.8) is 0 Å². The van der Waals surface area contributed by atoms with E-state index < -0.39 is 0 Å². The minimum absolute atomic E-state index is 0.183. The van der Waals surface area contributed by atoms with Gasteiger partial charge in [0.05, 0.1) is 6.54 Å². The first-order valence-electron chi connectivity index (χ1n) is 5.50. The van der Waals surface area contributed by atoms with Crippen LogP contribution in [0, 0.1) is 0 Å². The van der Waals surface area contributed by atoms with Gasteiger partial charge in [-0.1, -0.05) is 0 Å². The van der Waals surface area contributed by atoms with Gasteiger partial charge in [0.25, 0.3) is 0 Å². The highest BCUT2D eigenvalue weighted by Crippen LogP contribution is 2.13. The van der Waals surface area contributed by atoms with Gasteiger partial charge in [0.2, 0.25) is 5.91 Å². The van der Waals surface area contributed by atoms with Gasteiger partial charge in [0.1, 0.15) is 0 Å². The lowest BCUT2D eigenvalue weighted by atomic mass is 10.0. The van der Waals surface area contributed by atoms with Gasteiger partial charge in [0, 0.05) is 18.6 Å². The van der Waals surface area contributed by atoms with Gasteiger partial charge in [-0.3, -0.25) is 9.69 Å². The maximum Gasteiger partial charge on any atom is 0.234 e. The Balaban J connectivity index is 1.91. The fourth-order valence-corrected chi connectivity index (χ4v) is 2.42. The fourth-order valence-electron chi connectivity index (χ4n) is 2.42. The van der Waals surface area contributed by atoms with E-state index in [1.54, 1.807) is 0 Å². The topological polar surface area (TPSA) is 44.4 Å². The predicted molar refractivity (Wildman–Crippen MR) is 55.1 cm³/mol. The van der Waals surface area contributed by atoms with Crippen LogP contribution >= 0.6 is 0 Å². The molecule has 2 rings (SSSR count). The molecule has 4 nitrogen and oxygen atoms in total. The van der Waals surface area contributed by atoms with Crippen molar-refractivity contribution in [1.29, 1.82) is 0 Å². The van der Waals surface area contributed by atoms with Gasteiger partial charge in [-0.15, -0.1) is 0 Å². The zero-order chi connectivity index (χ0) is 9.97. The van der Waals surface area contributed by atoms with E-state index in [0.717, 1.165) is 19.6 Å². The van der Waals surface area contributed by atoms with Gasteiger partial charge in [0.15, 0.2) is 0 Å². The molecule has 1 amide bonds. The van der Waals surface area contributed by atoms with Crippen LogP contribution in [-0.2, 0) is 4.79 Å². The molecule has 2 saturated heterocycles. The maximum absolute atomic E-state index is 11.4. The van der Waals surface area contributed by atoms with Crippen molar-refractivity contribution in [2.75, 3.05) is 26.2 Å². The highest BCUT2D eigenvalue weighted by atomic mass is 16.2. The highest BCUT2D eigenvalue weighted by Gasteiger charge is 2.28. The summed E-state index contributed by atoms with van der Waals surface area (Å²) in [6, 6.07) is 0.927. The van der Waals surface area contributed by atoms with E-state index >= 15 is 0 Å². The smallest absolute Gasteiger partial charge is 0.234 e. The molecule has 2 N–H and O–H groups in total. The first kappa shape index (κ1) is 9.93. The molecule has 0 aromatic carbocycles. The minimum Gasteiger partial charge on any atom is -0.351 e. The monoisotopic (exact) mass is 197 g/mol. The van der Waals surface area contributed by atoms with Crippen molar-refractivity contribution in [2.24, 2.45) is 0 Å². The quantitative estimate of drug-likeness (QED) is 0.599. The van der Waals surface area contributed by atoms with Crippen molar-refractivity contribution >= 4 is 5.91 Å². The standard InChI is InChI=1S/C10H19N3O/c1-8-6-13(7-10(14)12-8)9-2-4-11-5-3-9/h8-9,11H,2-7H2,1H3,(H,12,14). The number of carbonyl (C=O) groups is 1. The highest BCUT2D eigenvalue weighted by molar-refractivity contribution is 5.79. The largest absolute Gasteiger partial charge is 0.351 e. The molecule has 14 heavy (non-hydrogen) atoms. The molecule has 1 atom stereocenters. The summed E-state index contributed by atoms with van der Waals surface area (Å²) in [6.07, 6.45) is 2.36. The Morgan fingerprint density at radius 2 is 2.07 bits per heavy atom. The third kappa shape index (κ3) is 2.25. The summed E-state index contributed by atoms with van der Waals surface area (Å²) in [7, 11) is 0. The van der Waals surface area contributed by atoms with Gasteiger partial charge in [-0.2, -0.15) is 0 Å². The average molecular weight is 197 g/mol. The first-order chi connectivity index (χ1) is 6.75. The summed E-state index contributed by atoms with van der Waals surface area (Å²) in [6.45, 7) is 5.87. The summed E-state index contributed by atoms with van der Waals surface area (Å²) < 4.78 is 0. The Labute approximate surface area is 85.0 Å². The SMILES string of the molecule is CC1CN(C2CCNCC2)CC(=O)N1. The Morgan fingerprint density at radius 3 is 2.71 bits per heavy atom. The van der Waals surface area contributed by atoms with Crippen molar-refractivity contribution in [3.05, 3.63) is 0 Å². The van der Waals surface area contributed by atoms with Crippen molar-refractivity contribution in [1.82, 2.24) is 15.5 Å². The van der Waals surface area contributed by atoms with Crippen LogP contribution in [0.15, 0.2) is 0 Å². The molecule has 80 valence electrons. The van der Waals surface area contributed by atoms with Crippen LogP contribution in [0.25, 0.3) is 0 Å². The van der Waals surface area contributed by atoms with E-state index in [2.05, 4.69) is 22.5 Å². The van der Waals surface area contributed by atoms with E-state index in [0.29, 0.717) is 18.6 Å². The second-order valence-corrected chi connectivity index (χ2v) is 4.38. The number of piperidine rings is 1. The maximum atomic E-state index is 11.4. The molecule has 2 aliphatic rings. The zero-order valence-corrected chi connectivity index (χ0v) is 8.75. The van der Waals surface area contributed by atoms with Crippen LogP contribution in [0.1, 0.15) is 19.8 Å². The Morgan fingerprint density at radius 1 is 1.36 bits per heavy atom. The van der Waals surface area contributed by atoms with E-state index in [9.17, 15) is 4.79 Å². The molecule has 0 saturated carbocycles. The van der Waals surface area contributed by atoms with Crippen LogP contribution in [0.2, 0.25) is 0 Å². The molecule has 1 unspecified atom stereocenters. The molecule has 0 spiro atoms. The summed E-state index contributed by atoms with van der Waals surface area (Å²) >= 11 is 0. The molecule has 0 radical (unpaired) electrons. The Hall–Kier alpha value is -0.610. The molecular weight excluding hydrogens is 178 g/mol. The number of hydrogen-bond acceptors (Lipinski definition) is 3. The predicted octanol–water partition coefficient (Wildman–Crippen LogP) is -0.441. The third-order valence-electron chi connectivity index (χ3n) is 3.09. The van der Waals surface area contributed by atoms with E-state index in [1.165, 1.54) is 12.8 Å². The summed E-state index contributed by atoms with van der Waals surface area (Å²) in [4.78, 5) is 13.7. The van der Waals surface area contributed by atoms with E-state index in [1.807, 2.05) is 0 Å². The fraction of sp³-hybridized carbons (Fsp3) is 0.900. The van der Waals surface area contributed by atoms with Crippen molar-refractivity contribution < 1.29 is 4.79 Å². The second-order valence-electron chi connectivity index (χ2n) is 4.38. The number of amides is 1. The summed E-state index contributed by atoms with van der Waals surface area (Å²) in [5.41, 5.74) is 0. The average Bonchev–Trinajstić information content (AvgIpc) is 2.18. The number of hydrogen-bond donors (Lipinski definition) is 2. The van der Waals surface area contributed by atoms with Crippen molar-refractivity contribution in [2.45, 2.75) is 31.8 Å². The van der Waals surface area contributed by atoms with Crippen LogP contribution in [0.5, 0.6) is 0 Å². The molecule has 2 heterocycles. The molecule has 0 bridgehead atoms. The van der Waals surface area contributed by atoms with Gasteiger partial charge < -0.3 is 10.6 Å². The van der Waals surface area contributed by atoms with Crippen LogP contribution < -0.4 is 10.6 Å². The van der Waals surface area contributed by atoms with E-state index in [-0.39, 0.29) is 5.91 Å². The first-order valence-corrected chi connectivity index (χ1v) is 5.50. The molecule has 2 aliphatic heterocycles. The number of carbonyl (C=O) groups excluding carboxylic acids is 1. The number of piperazine rings is 1. The lowest BCUT2D eigenvalue weighted by Crippen LogP contribution is -2.57. The Bertz CT molecular complexity index is 213. The molecule has 4 heteroatoms. The molecule has 0 aromatic heterocycles. The second kappa shape index (κ2) is 4.28. The van der Waals surface area contributed by atoms with Gasteiger partial charge in [-0.05, 0) is 32.9 Å². The summed E-state index contributed by atoms with van der Waals surface area (Å²) in [5, 5.41) is 6.30. The van der Waals surface area contributed by atoms with Crippen LogP contribution in [-0.4, -0.2) is 49.1 Å². The summed E-state index contributed by atoms with van der Waals surface area (Å²) in [5.74, 6) is 0.183. The lowest BCUT2D eigenvalue weighted by Gasteiger charge is -2.39. The Kier molecular flexibility index (Phi) is 3.03. The third-order valence-corrected chi connectivity index (χ3v) is 3.09. The van der Waals surface area contributed by atoms with Crippen LogP contribution in [0.3, 0.4) is 0 Å². The van der Waals surface area contributed by atoms with Gasteiger partial charge in [-0.25, -0.2) is 0 Å². The minimum atomic E-state index is 0.183. The number of nitrogens with zero attached hydrogens (tertiary/aromatic N) is 1. The molecular formula is C10H19N3O. The lowest BCUT2D eigenvalue weighted by molar-refractivity contribution is -0.126. The zero-order valence-electron chi connectivity index (χ0n) is 8.75.